The Bertz CT molecular complexity index is 361. The largest absolute Gasteiger partial charge is 0.381 e. The van der Waals surface area contributed by atoms with E-state index >= 15 is 0 Å². The predicted octanol–water partition coefficient (Wildman–Crippen LogP) is 2.65. The average molecular weight is 248 g/mol. The van der Waals surface area contributed by atoms with Crippen molar-refractivity contribution in [2.24, 2.45) is 5.92 Å². The maximum absolute atomic E-state index is 11.8. The van der Waals surface area contributed by atoms with Crippen molar-refractivity contribution in [3.8, 4) is 0 Å². The van der Waals surface area contributed by atoms with Gasteiger partial charge in [0.25, 0.3) is 0 Å². The van der Waals surface area contributed by atoms with Crippen LogP contribution >= 0.6 is 0 Å². The number of carbonyl (C=O) groups excluding carboxylic acids is 1. The van der Waals surface area contributed by atoms with Gasteiger partial charge in [0.15, 0.2) is 5.78 Å². The molecule has 0 unspecified atom stereocenters. The van der Waals surface area contributed by atoms with Gasteiger partial charge in [-0.3, -0.25) is 9.78 Å². The number of carbonyl (C=O) groups is 1. The van der Waals surface area contributed by atoms with Crippen molar-refractivity contribution >= 4 is 5.78 Å². The Labute approximate surface area is 108 Å². The zero-order valence-corrected chi connectivity index (χ0v) is 10.7. The Hall–Kier alpha value is -1.29. The highest BCUT2D eigenvalue weighted by Gasteiger charge is 2.13. The fourth-order valence-electron chi connectivity index (χ4n) is 2.32. The summed E-state index contributed by atoms with van der Waals surface area (Å²) in [5, 5.41) is 0. The molecule has 0 atom stereocenters. The van der Waals surface area contributed by atoms with Crippen LogP contribution in [0.1, 0.15) is 49.0 Å². The van der Waals surface area contributed by atoms with Crippen molar-refractivity contribution in [1.29, 1.82) is 0 Å². The number of hydrogen-bond acceptors (Lipinski definition) is 4. The summed E-state index contributed by atoms with van der Waals surface area (Å²) < 4.78 is 5.33. The lowest BCUT2D eigenvalue weighted by atomic mass is 9.93. The monoisotopic (exact) mass is 248 g/mol. The van der Waals surface area contributed by atoms with Crippen molar-refractivity contribution in [2.75, 3.05) is 13.2 Å². The highest BCUT2D eigenvalue weighted by atomic mass is 16.5. The standard InChI is InChI=1S/C14H20N2O2/c17-14(13-11-15-7-8-16-13)4-2-1-3-12-5-9-18-10-6-12/h7-8,11-12H,1-6,9-10H2. The van der Waals surface area contributed by atoms with Gasteiger partial charge in [0.2, 0.25) is 0 Å². The molecular weight excluding hydrogens is 228 g/mol. The Kier molecular flexibility index (Phi) is 5.27. The highest BCUT2D eigenvalue weighted by molar-refractivity contribution is 5.93. The van der Waals surface area contributed by atoms with Crippen molar-refractivity contribution in [1.82, 2.24) is 9.97 Å². The molecule has 0 saturated carbocycles. The van der Waals surface area contributed by atoms with Crippen LogP contribution in [0.5, 0.6) is 0 Å². The number of Topliss-reactive ketones (excluding diaryl/α,β-unsaturated/α-hetero) is 1. The van der Waals surface area contributed by atoms with E-state index in [9.17, 15) is 4.79 Å². The predicted molar refractivity (Wildman–Crippen MR) is 68.4 cm³/mol. The van der Waals surface area contributed by atoms with E-state index in [1.54, 1.807) is 18.6 Å². The molecule has 1 aromatic rings. The van der Waals surface area contributed by atoms with E-state index in [0.29, 0.717) is 12.1 Å². The first kappa shape index (κ1) is 13.1. The number of hydrogen-bond donors (Lipinski definition) is 0. The molecule has 1 aliphatic rings. The Morgan fingerprint density at radius 2 is 2.11 bits per heavy atom. The first-order valence-corrected chi connectivity index (χ1v) is 6.73. The molecule has 1 aliphatic heterocycles. The number of aromatic nitrogens is 2. The van der Waals surface area contributed by atoms with E-state index in [-0.39, 0.29) is 5.78 Å². The Morgan fingerprint density at radius 3 is 2.83 bits per heavy atom. The van der Waals surface area contributed by atoms with Crippen molar-refractivity contribution in [2.45, 2.75) is 38.5 Å². The Morgan fingerprint density at radius 1 is 1.28 bits per heavy atom. The van der Waals surface area contributed by atoms with Gasteiger partial charge in [-0.05, 0) is 25.2 Å². The van der Waals surface area contributed by atoms with Crippen LogP contribution in [0, 0.1) is 5.92 Å². The van der Waals surface area contributed by atoms with Crippen LogP contribution in [0.2, 0.25) is 0 Å². The van der Waals surface area contributed by atoms with E-state index in [4.69, 9.17) is 4.74 Å². The summed E-state index contributed by atoms with van der Waals surface area (Å²) in [5.41, 5.74) is 0.489. The van der Waals surface area contributed by atoms with Gasteiger partial charge in [-0.15, -0.1) is 0 Å². The summed E-state index contributed by atoms with van der Waals surface area (Å²) in [4.78, 5) is 19.7. The van der Waals surface area contributed by atoms with Gasteiger partial charge >= 0.3 is 0 Å². The lowest BCUT2D eigenvalue weighted by Gasteiger charge is -2.21. The molecule has 0 bridgehead atoms. The lowest BCUT2D eigenvalue weighted by molar-refractivity contribution is 0.0630. The topological polar surface area (TPSA) is 52.1 Å². The molecule has 98 valence electrons. The minimum atomic E-state index is 0.107. The molecule has 0 spiro atoms. The minimum absolute atomic E-state index is 0.107. The molecule has 0 amide bonds. The molecule has 0 aromatic carbocycles. The third-order valence-electron chi connectivity index (χ3n) is 3.46. The molecule has 4 heteroatoms. The van der Waals surface area contributed by atoms with E-state index in [1.807, 2.05) is 0 Å². The second kappa shape index (κ2) is 7.21. The third kappa shape index (κ3) is 4.18. The fourth-order valence-corrected chi connectivity index (χ4v) is 2.32. The summed E-state index contributed by atoms with van der Waals surface area (Å²) in [6.45, 7) is 1.81. The van der Waals surface area contributed by atoms with E-state index in [2.05, 4.69) is 9.97 Å². The maximum Gasteiger partial charge on any atom is 0.182 e. The molecule has 0 aliphatic carbocycles. The molecule has 2 heterocycles. The van der Waals surface area contributed by atoms with Gasteiger partial charge in [-0.1, -0.05) is 12.8 Å². The summed E-state index contributed by atoms with van der Waals surface area (Å²) in [5.74, 6) is 0.903. The SMILES string of the molecule is O=C(CCCCC1CCOCC1)c1cnccn1. The molecule has 1 fully saturated rings. The molecule has 0 N–H and O–H groups in total. The van der Waals surface area contributed by atoms with Crippen LogP contribution < -0.4 is 0 Å². The molecular formula is C14H20N2O2. The summed E-state index contributed by atoms with van der Waals surface area (Å²) >= 11 is 0. The van der Waals surface area contributed by atoms with Gasteiger partial charge in [-0.25, -0.2) is 4.98 Å². The summed E-state index contributed by atoms with van der Waals surface area (Å²) in [6, 6.07) is 0. The molecule has 1 saturated heterocycles. The number of ether oxygens (including phenoxy) is 1. The van der Waals surface area contributed by atoms with Crippen LogP contribution in [0.25, 0.3) is 0 Å². The lowest BCUT2D eigenvalue weighted by Crippen LogP contribution is -2.15. The van der Waals surface area contributed by atoms with Crippen molar-refractivity contribution in [3.05, 3.63) is 24.3 Å². The number of rotatable bonds is 6. The number of nitrogens with zero attached hydrogens (tertiary/aromatic N) is 2. The second-order valence-corrected chi connectivity index (χ2v) is 4.82. The van der Waals surface area contributed by atoms with E-state index in [1.165, 1.54) is 19.3 Å². The van der Waals surface area contributed by atoms with Gasteiger partial charge in [0, 0.05) is 32.0 Å². The number of unbranched alkanes of at least 4 members (excludes halogenated alkanes) is 1. The molecule has 4 nitrogen and oxygen atoms in total. The van der Waals surface area contributed by atoms with Crippen LogP contribution in [0.3, 0.4) is 0 Å². The van der Waals surface area contributed by atoms with Gasteiger partial charge < -0.3 is 4.74 Å². The molecule has 2 rings (SSSR count). The zero-order chi connectivity index (χ0) is 12.6. The first-order chi connectivity index (χ1) is 8.86. The summed E-state index contributed by atoms with van der Waals surface area (Å²) in [6.07, 6.45) is 10.9. The van der Waals surface area contributed by atoms with Gasteiger partial charge in [-0.2, -0.15) is 0 Å². The summed E-state index contributed by atoms with van der Waals surface area (Å²) in [7, 11) is 0. The molecule has 1 aromatic heterocycles. The van der Waals surface area contributed by atoms with Crippen molar-refractivity contribution < 1.29 is 9.53 Å². The number of ketones is 1. The Balaban J connectivity index is 1.62. The quantitative estimate of drug-likeness (QED) is 0.573. The van der Waals surface area contributed by atoms with Gasteiger partial charge in [0.05, 0.1) is 6.20 Å². The maximum atomic E-state index is 11.8. The second-order valence-electron chi connectivity index (χ2n) is 4.82. The van der Waals surface area contributed by atoms with Crippen LogP contribution in [-0.4, -0.2) is 29.0 Å². The van der Waals surface area contributed by atoms with Crippen LogP contribution in [-0.2, 0) is 4.74 Å². The normalized spacial score (nSPS) is 16.7. The van der Waals surface area contributed by atoms with E-state index in [0.717, 1.165) is 32.0 Å². The zero-order valence-electron chi connectivity index (χ0n) is 10.7. The fraction of sp³-hybridized carbons (Fsp3) is 0.643. The molecule has 0 radical (unpaired) electrons. The van der Waals surface area contributed by atoms with Crippen molar-refractivity contribution in [3.63, 3.8) is 0 Å². The molecule has 18 heavy (non-hydrogen) atoms. The average Bonchev–Trinajstić information content (AvgIpc) is 2.45. The smallest absolute Gasteiger partial charge is 0.182 e. The minimum Gasteiger partial charge on any atom is -0.381 e. The van der Waals surface area contributed by atoms with Crippen LogP contribution in [0.15, 0.2) is 18.6 Å². The van der Waals surface area contributed by atoms with Crippen LogP contribution in [0.4, 0.5) is 0 Å². The third-order valence-corrected chi connectivity index (χ3v) is 3.46. The van der Waals surface area contributed by atoms with E-state index < -0.39 is 0 Å². The first-order valence-electron chi connectivity index (χ1n) is 6.73. The highest BCUT2D eigenvalue weighted by Crippen LogP contribution is 2.21. The van der Waals surface area contributed by atoms with Gasteiger partial charge in [0.1, 0.15) is 5.69 Å².